The molecule has 3 unspecified atom stereocenters. The van der Waals surface area contributed by atoms with Crippen LogP contribution < -0.4 is 20.4 Å². The highest BCUT2D eigenvalue weighted by Crippen LogP contribution is 2.50. The SMILES string of the molecule is CC(=O)OCC1(CO)CC[N+]12C=Nc1cnc(N)nc12.Nc1ncc2c(n1)[N+]1(C=N2)CCC1(CO)CO. The monoisotopic (exact) mass is 514 g/mol. The van der Waals surface area contributed by atoms with Crippen LogP contribution in [0.4, 0.5) is 34.9 Å². The van der Waals surface area contributed by atoms with Gasteiger partial charge in [0.25, 0.3) is 11.6 Å². The van der Waals surface area contributed by atoms with Crippen LogP contribution in [0.15, 0.2) is 22.4 Å². The van der Waals surface area contributed by atoms with Crippen molar-refractivity contribution in [1.29, 1.82) is 0 Å². The molecule has 4 aliphatic rings. The van der Waals surface area contributed by atoms with Gasteiger partial charge in [-0.15, -0.1) is 0 Å². The number of aromatic nitrogens is 4. The quantitative estimate of drug-likeness (QED) is 0.238. The van der Waals surface area contributed by atoms with Crippen LogP contribution in [-0.4, -0.2) is 104 Å². The molecule has 2 aromatic heterocycles. The fraction of sp³-hybridized carbons (Fsp3) is 0.500. The summed E-state index contributed by atoms with van der Waals surface area (Å²) in [6.45, 7) is 2.60. The van der Waals surface area contributed by atoms with E-state index in [1.54, 1.807) is 25.1 Å². The van der Waals surface area contributed by atoms with Gasteiger partial charge in [0, 0.05) is 6.92 Å². The zero-order valence-corrected chi connectivity index (χ0v) is 20.4. The maximum absolute atomic E-state index is 11.1. The number of hydrogen-bond donors (Lipinski definition) is 5. The Bertz CT molecular complexity index is 1290. The minimum atomic E-state index is -0.638. The first-order valence-electron chi connectivity index (χ1n) is 11.8. The second-order valence-electron chi connectivity index (χ2n) is 9.75. The van der Waals surface area contributed by atoms with Crippen LogP contribution in [0.3, 0.4) is 0 Å². The summed E-state index contributed by atoms with van der Waals surface area (Å²) in [4.78, 5) is 35.9. The van der Waals surface area contributed by atoms with Crippen LogP contribution in [0.2, 0.25) is 0 Å². The number of nitrogens with two attached hydrogens (primary N) is 2. The van der Waals surface area contributed by atoms with Crippen LogP contribution in [-0.2, 0) is 9.53 Å². The van der Waals surface area contributed by atoms with Gasteiger partial charge in [-0.25, -0.2) is 18.9 Å². The van der Waals surface area contributed by atoms with E-state index in [4.69, 9.17) is 16.2 Å². The lowest BCUT2D eigenvalue weighted by molar-refractivity contribution is -0.148. The molecule has 15 heteroatoms. The van der Waals surface area contributed by atoms with Gasteiger partial charge < -0.3 is 31.5 Å². The number of aliphatic imine (C=N–C) groups is 2. The van der Waals surface area contributed by atoms with Crippen LogP contribution in [0.5, 0.6) is 0 Å². The van der Waals surface area contributed by atoms with Crippen molar-refractivity contribution >= 4 is 53.6 Å². The highest BCUT2D eigenvalue weighted by atomic mass is 16.5. The Balaban J connectivity index is 0.000000153. The molecule has 7 N–H and O–H groups in total. The van der Waals surface area contributed by atoms with Crippen LogP contribution >= 0.6 is 0 Å². The molecule has 196 valence electrons. The molecule has 2 saturated heterocycles. The van der Waals surface area contributed by atoms with Crippen molar-refractivity contribution in [2.45, 2.75) is 30.8 Å². The molecule has 4 aliphatic heterocycles. The summed E-state index contributed by atoms with van der Waals surface area (Å²) < 4.78 is 5.66. The topological polar surface area (TPSA) is 215 Å². The van der Waals surface area contributed by atoms with Crippen molar-refractivity contribution in [2.24, 2.45) is 9.98 Å². The summed E-state index contributed by atoms with van der Waals surface area (Å²) in [7, 11) is 0. The number of nitrogen functional groups attached to an aromatic ring is 2. The normalized spacial score (nSPS) is 29.2. The lowest BCUT2D eigenvalue weighted by atomic mass is 9.82. The number of anilines is 2. The lowest BCUT2D eigenvalue weighted by Crippen LogP contribution is -2.78. The molecule has 0 aliphatic carbocycles. The van der Waals surface area contributed by atoms with Gasteiger partial charge in [0.1, 0.15) is 26.4 Å². The molecule has 37 heavy (non-hydrogen) atoms. The van der Waals surface area contributed by atoms with Gasteiger partial charge in [0.2, 0.25) is 11.9 Å². The van der Waals surface area contributed by atoms with E-state index in [0.29, 0.717) is 29.4 Å². The Labute approximate surface area is 212 Å². The van der Waals surface area contributed by atoms with E-state index in [1.165, 1.54) is 6.92 Å². The van der Waals surface area contributed by atoms with Gasteiger partial charge in [0.15, 0.2) is 35.1 Å². The van der Waals surface area contributed by atoms with Crippen LogP contribution in [0, 0.1) is 0 Å². The molecule has 6 heterocycles. The Kier molecular flexibility index (Phi) is 5.91. The van der Waals surface area contributed by atoms with Crippen molar-refractivity contribution in [1.82, 2.24) is 28.9 Å². The van der Waals surface area contributed by atoms with E-state index in [9.17, 15) is 20.1 Å². The van der Waals surface area contributed by atoms with Gasteiger partial charge in [-0.3, -0.25) is 4.79 Å². The zero-order chi connectivity index (χ0) is 26.5. The number of carbonyl (C=O) groups is 1. The smallest absolute Gasteiger partial charge is 0.302 e. The van der Waals surface area contributed by atoms with E-state index in [0.717, 1.165) is 19.5 Å². The largest absolute Gasteiger partial charge is 0.459 e. The minimum absolute atomic E-state index is 0.112. The van der Waals surface area contributed by atoms with Crippen molar-refractivity contribution in [3.05, 3.63) is 12.4 Å². The van der Waals surface area contributed by atoms with E-state index in [-0.39, 0.29) is 53.3 Å². The number of esters is 1. The van der Waals surface area contributed by atoms with Crippen LogP contribution in [0.25, 0.3) is 0 Å². The Hall–Kier alpha value is -3.63. The maximum Gasteiger partial charge on any atom is 0.302 e. The highest BCUT2D eigenvalue weighted by molar-refractivity contribution is 5.90. The molecule has 2 aromatic rings. The first kappa shape index (κ1) is 25.0. The number of carbonyl (C=O) groups excluding carboxylic acids is 1. The van der Waals surface area contributed by atoms with E-state index in [1.807, 2.05) is 0 Å². The first-order chi connectivity index (χ1) is 17.7. The third-order valence-corrected chi connectivity index (χ3v) is 8.06. The van der Waals surface area contributed by atoms with Crippen molar-refractivity contribution in [3.63, 3.8) is 0 Å². The van der Waals surface area contributed by atoms with Crippen molar-refractivity contribution in [3.8, 4) is 0 Å². The summed E-state index contributed by atoms with van der Waals surface area (Å²) in [6, 6.07) is 0. The molecule has 2 fully saturated rings. The molecule has 6 rings (SSSR count). The second-order valence-corrected chi connectivity index (χ2v) is 9.75. The molecule has 0 amide bonds. The molecule has 0 aromatic carbocycles. The van der Waals surface area contributed by atoms with E-state index < -0.39 is 11.1 Å². The number of hydrogen-bond acceptors (Lipinski definition) is 13. The number of aliphatic hydroxyl groups is 3. The van der Waals surface area contributed by atoms with E-state index >= 15 is 0 Å². The molecule has 2 spiro atoms. The second kappa shape index (κ2) is 8.74. The Morgan fingerprint density at radius 1 is 0.892 bits per heavy atom. The predicted octanol–water partition coefficient (Wildman–Crippen LogP) is -1.10. The van der Waals surface area contributed by atoms with E-state index in [2.05, 4.69) is 29.9 Å². The summed E-state index contributed by atoms with van der Waals surface area (Å²) in [5.74, 6) is 1.31. The molecule has 3 atom stereocenters. The molecule has 0 bridgehead atoms. The predicted molar refractivity (Wildman–Crippen MR) is 135 cm³/mol. The zero-order valence-electron chi connectivity index (χ0n) is 20.4. The highest BCUT2D eigenvalue weighted by Gasteiger charge is 2.65. The summed E-state index contributed by atoms with van der Waals surface area (Å²) in [5.41, 5.74) is 11.3. The summed E-state index contributed by atoms with van der Waals surface area (Å²) >= 11 is 0. The number of nitrogens with zero attached hydrogens (tertiary/aromatic N) is 8. The van der Waals surface area contributed by atoms with Crippen molar-refractivity contribution < 1.29 is 24.9 Å². The summed E-state index contributed by atoms with van der Waals surface area (Å²) in [5, 5.41) is 28.9. The molecular formula is C22H30N10O5+2. The number of quaternary nitrogens is 2. The number of rotatable bonds is 5. The van der Waals surface area contributed by atoms with Crippen molar-refractivity contribution in [2.75, 3.05) is 51.0 Å². The van der Waals surface area contributed by atoms with Gasteiger partial charge in [0.05, 0.1) is 38.3 Å². The molecule has 0 radical (unpaired) electrons. The number of aliphatic hydroxyl groups excluding tert-OH is 3. The van der Waals surface area contributed by atoms with Gasteiger partial charge in [-0.2, -0.15) is 20.0 Å². The molecule has 15 nitrogen and oxygen atoms in total. The number of ether oxygens (including phenoxy) is 1. The van der Waals surface area contributed by atoms with Gasteiger partial charge >= 0.3 is 5.97 Å². The molecular weight excluding hydrogens is 484 g/mol. The minimum Gasteiger partial charge on any atom is -0.459 e. The summed E-state index contributed by atoms with van der Waals surface area (Å²) in [6.07, 6.45) is 8.02. The number of fused-ring (bicyclic) bond motifs is 4. The van der Waals surface area contributed by atoms with Crippen LogP contribution in [0.1, 0.15) is 19.8 Å². The Morgan fingerprint density at radius 2 is 1.35 bits per heavy atom. The molecule has 0 saturated carbocycles. The Morgan fingerprint density at radius 3 is 1.73 bits per heavy atom. The average molecular weight is 515 g/mol. The lowest BCUT2D eigenvalue weighted by Gasteiger charge is -2.53. The third-order valence-electron chi connectivity index (χ3n) is 8.06. The fourth-order valence-electron chi connectivity index (χ4n) is 5.45. The maximum atomic E-state index is 11.1. The third kappa shape index (κ3) is 3.42. The van der Waals surface area contributed by atoms with Gasteiger partial charge in [-0.1, -0.05) is 0 Å². The standard InChI is InChI=1S/C12H16N5O3.C10H14N5O2/c1-8(19)20-6-12(5-18)2-3-17(12)7-15-9-4-14-11(13)16-10(9)17;11-9-12-3-7-8(14-9)15(6-13-7)2-1-10(15,4-16)5-17/h4,7,18H,2-3,5-6H2,1H3,(H2,13,14,16);3,6,16-17H,1-2,4-5H2,(H2,11,12,14)/q2*+1. The average Bonchev–Trinajstić information content (AvgIpc) is 3.46. The first-order valence-corrected chi connectivity index (χ1v) is 11.8. The fourth-order valence-corrected chi connectivity index (χ4v) is 5.45. The van der Waals surface area contributed by atoms with Gasteiger partial charge in [-0.05, 0) is 0 Å².